The van der Waals surface area contributed by atoms with E-state index in [-0.39, 0.29) is 5.91 Å². The van der Waals surface area contributed by atoms with Gasteiger partial charge in [-0.3, -0.25) is 9.69 Å². The molecular formula is C15H21BrN2O3. The molecule has 1 aliphatic heterocycles. The number of methoxy groups -OCH3 is 1. The van der Waals surface area contributed by atoms with E-state index in [1.165, 1.54) is 0 Å². The smallest absolute Gasteiger partial charge is 0.251 e. The third-order valence-corrected chi connectivity index (χ3v) is 3.90. The average molecular weight is 357 g/mol. The van der Waals surface area contributed by atoms with E-state index in [0.717, 1.165) is 42.9 Å². The molecule has 1 fully saturated rings. The fraction of sp³-hybridized carbons (Fsp3) is 0.533. The molecule has 0 radical (unpaired) electrons. The molecule has 5 nitrogen and oxygen atoms in total. The summed E-state index contributed by atoms with van der Waals surface area (Å²) in [5.74, 6) is -0.0587. The van der Waals surface area contributed by atoms with E-state index in [1.807, 2.05) is 18.2 Å². The molecule has 0 bridgehead atoms. The number of morpholine rings is 1. The van der Waals surface area contributed by atoms with Crippen LogP contribution in [-0.4, -0.2) is 57.4 Å². The van der Waals surface area contributed by atoms with Crippen LogP contribution in [0.2, 0.25) is 0 Å². The number of nitrogens with zero attached hydrogens (tertiary/aromatic N) is 1. The first-order chi connectivity index (χ1) is 10.2. The first kappa shape index (κ1) is 16.4. The number of halogens is 1. The van der Waals surface area contributed by atoms with E-state index in [4.69, 9.17) is 9.47 Å². The molecule has 6 heteroatoms. The summed E-state index contributed by atoms with van der Waals surface area (Å²) in [7, 11) is 1.62. The van der Waals surface area contributed by atoms with Gasteiger partial charge in [-0.15, -0.1) is 0 Å². The van der Waals surface area contributed by atoms with Crippen LogP contribution in [0.15, 0.2) is 22.7 Å². The molecule has 1 heterocycles. The van der Waals surface area contributed by atoms with Gasteiger partial charge in [-0.05, 0) is 17.7 Å². The van der Waals surface area contributed by atoms with Gasteiger partial charge in [0.25, 0.3) is 5.91 Å². The molecule has 1 aliphatic rings. The summed E-state index contributed by atoms with van der Waals surface area (Å²) in [4.78, 5) is 14.6. The summed E-state index contributed by atoms with van der Waals surface area (Å²) in [5, 5.41) is 2.88. The van der Waals surface area contributed by atoms with Crippen LogP contribution in [0, 0.1) is 0 Å². The minimum Gasteiger partial charge on any atom is -0.383 e. The summed E-state index contributed by atoms with van der Waals surface area (Å²) in [6, 6.07) is 5.85. The van der Waals surface area contributed by atoms with Gasteiger partial charge in [0.05, 0.1) is 19.8 Å². The fourth-order valence-electron chi connectivity index (χ4n) is 2.26. The molecule has 1 aromatic carbocycles. The Morgan fingerprint density at radius 3 is 2.90 bits per heavy atom. The van der Waals surface area contributed by atoms with Crippen LogP contribution in [0.5, 0.6) is 0 Å². The van der Waals surface area contributed by atoms with E-state index in [9.17, 15) is 4.79 Å². The maximum Gasteiger partial charge on any atom is 0.251 e. The lowest BCUT2D eigenvalue weighted by molar-refractivity contribution is 0.0340. The lowest BCUT2D eigenvalue weighted by atomic mass is 10.1. The van der Waals surface area contributed by atoms with Gasteiger partial charge in [0.2, 0.25) is 0 Å². The lowest BCUT2D eigenvalue weighted by Gasteiger charge is -2.27. The zero-order valence-electron chi connectivity index (χ0n) is 12.2. The second-order valence-corrected chi connectivity index (χ2v) is 5.85. The molecule has 0 saturated carbocycles. The van der Waals surface area contributed by atoms with Crippen molar-refractivity contribution in [2.45, 2.75) is 6.54 Å². The Bertz CT molecular complexity index is 476. The van der Waals surface area contributed by atoms with Crippen LogP contribution in [0.4, 0.5) is 0 Å². The maximum absolute atomic E-state index is 12.3. The summed E-state index contributed by atoms with van der Waals surface area (Å²) >= 11 is 3.43. The molecule has 0 spiro atoms. The zero-order chi connectivity index (χ0) is 15.1. The van der Waals surface area contributed by atoms with Crippen LogP contribution < -0.4 is 5.32 Å². The quantitative estimate of drug-likeness (QED) is 0.787. The highest BCUT2D eigenvalue weighted by Crippen LogP contribution is 2.19. The lowest BCUT2D eigenvalue weighted by Crippen LogP contribution is -2.36. The summed E-state index contributed by atoms with van der Waals surface area (Å²) in [6.07, 6.45) is 0. The topological polar surface area (TPSA) is 50.8 Å². The van der Waals surface area contributed by atoms with Crippen molar-refractivity contribution >= 4 is 21.8 Å². The first-order valence-electron chi connectivity index (χ1n) is 7.06. The van der Waals surface area contributed by atoms with Crippen LogP contribution in [-0.2, 0) is 16.0 Å². The predicted octanol–water partition coefficient (Wildman–Crippen LogP) is 1.66. The van der Waals surface area contributed by atoms with Crippen molar-refractivity contribution in [1.82, 2.24) is 10.2 Å². The maximum atomic E-state index is 12.3. The molecule has 116 valence electrons. The van der Waals surface area contributed by atoms with Gasteiger partial charge in [0.1, 0.15) is 0 Å². The van der Waals surface area contributed by atoms with Crippen LogP contribution in [0.3, 0.4) is 0 Å². The monoisotopic (exact) mass is 356 g/mol. The van der Waals surface area contributed by atoms with Gasteiger partial charge in [-0.2, -0.15) is 0 Å². The van der Waals surface area contributed by atoms with Crippen molar-refractivity contribution in [3.63, 3.8) is 0 Å². The highest BCUT2D eigenvalue weighted by atomic mass is 79.9. The minimum atomic E-state index is -0.0587. The molecule has 1 aromatic rings. The van der Waals surface area contributed by atoms with Gasteiger partial charge in [-0.25, -0.2) is 0 Å². The third-order valence-electron chi connectivity index (χ3n) is 3.41. The van der Waals surface area contributed by atoms with Crippen molar-refractivity contribution in [1.29, 1.82) is 0 Å². The Kier molecular flexibility index (Phi) is 6.63. The highest BCUT2D eigenvalue weighted by Gasteiger charge is 2.16. The zero-order valence-corrected chi connectivity index (χ0v) is 13.8. The van der Waals surface area contributed by atoms with Crippen molar-refractivity contribution in [2.24, 2.45) is 0 Å². The molecule has 0 aliphatic carbocycles. The number of rotatable bonds is 6. The molecule has 1 saturated heterocycles. The Labute approximate surface area is 133 Å². The molecule has 21 heavy (non-hydrogen) atoms. The van der Waals surface area contributed by atoms with Gasteiger partial charge in [0, 0.05) is 43.3 Å². The number of carbonyl (C=O) groups excluding carboxylic acids is 1. The summed E-state index contributed by atoms with van der Waals surface area (Å²) in [6.45, 7) is 5.11. The second-order valence-electron chi connectivity index (χ2n) is 4.94. The number of hydrogen-bond donors (Lipinski definition) is 1. The standard InChI is InChI=1S/C15H21BrN2O3/c1-20-7-4-17-15(19)14-10-13(16)3-2-12(14)11-18-5-8-21-9-6-18/h2-3,10H,4-9,11H2,1H3,(H,17,19). The first-order valence-corrected chi connectivity index (χ1v) is 7.85. The van der Waals surface area contributed by atoms with E-state index >= 15 is 0 Å². The van der Waals surface area contributed by atoms with Gasteiger partial charge < -0.3 is 14.8 Å². The second kappa shape index (κ2) is 8.48. The Morgan fingerprint density at radius 1 is 1.43 bits per heavy atom. The number of amides is 1. The number of hydrogen-bond acceptors (Lipinski definition) is 4. The van der Waals surface area contributed by atoms with Crippen molar-refractivity contribution < 1.29 is 14.3 Å². The molecule has 0 unspecified atom stereocenters. The van der Waals surface area contributed by atoms with E-state index in [1.54, 1.807) is 7.11 Å². The number of carbonyl (C=O) groups is 1. The Balaban J connectivity index is 2.06. The number of nitrogens with one attached hydrogen (secondary N) is 1. The minimum absolute atomic E-state index is 0.0587. The molecule has 1 N–H and O–H groups in total. The molecule has 2 rings (SSSR count). The molecular weight excluding hydrogens is 336 g/mol. The van der Waals surface area contributed by atoms with Gasteiger partial charge >= 0.3 is 0 Å². The van der Waals surface area contributed by atoms with E-state index < -0.39 is 0 Å². The summed E-state index contributed by atoms with van der Waals surface area (Å²) < 4.78 is 11.2. The number of ether oxygens (including phenoxy) is 2. The van der Waals surface area contributed by atoms with Gasteiger partial charge in [0.15, 0.2) is 0 Å². The SMILES string of the molecule is COCCNC(=O)c1cc(Br)ccc1CN1CCOCC1. The Morgan fingerprint density at radius 2 is 2.19 bits per heavy atom. The normalized spacial score (nSPS) is 15.9. The largest absolute Gasteiger partial charge is 0.383 e. The predicted molar refractivity (Wildman–Crippen MR) is 84.4 cm³/mol. The molecule has 0 atom stereocenters. The Hall–Kier alpha value is -0.950. The van der Waals surface area contributed by atoms with E-state index in [0.29, 0.717) is 18.7 Å². The van der Waals surface area contributed by atoms with E-state index in [2.05, 4.69) is 26.1 Å². The molecule has 0 aromatic heterocycles. The van der Waals surface area contributed by atoms with Crippen LogP contribution in [0.1, 0.15) is 15.9 Å². The average Bonchev–Trinajstić information content (AvgIpc) is 2.50. The molecule has 1 amide bonds. The van der Waals surface area contributed by atoms with Crippen LogP contribution in [0.25, 0.3) is 0 Å². The van der Waals surface area contributed by atoms with Crippen LogP contribution >= 0.6 is 15.9 Å². The van der Waals surface area contributed by atoms with Crippen molar-refractivity contribution in [3.8, 4) is 0 Å². The number of benzene rings is 1. The van der Waals surface area contributed by atoms with Gasteiger partial charge in [-0.1, -0.05) is 22.0 Å². The van der Waals surface area contributed by atoms with Crippen molar-refractivity contribution in [2.75, 3.05) is 46.6 Å². The van der Waals surface area contributed by atoms with Crippen molar-refractivity contribution in [3.05, 3.63) is 33.8 Å². The third kappa shape index (κ3) is 5.07. The fourth-order valence-corrected chi connectivity index (χ4v) is 2.62. The summed E-state index contributed by atoms with van der Waals surface area (Å²) in [5.41, 5.74) is 1.75. The highest BCUT2D eigenvalue weighted by molar-refractivity contribution is 9.10.